The molecule has 0 heterocycles. The molecule has 2 N–H and O–H groups in total. The third-order valence-electron chi connectivity index (χ3n) is 2.94. The lowest BCUT2D eigenvalue weighted by molar-refractivity contribution is 0.795. The van der Waals surface area contributed by atoms with Crippen molar-refractivity contribution in [3.05, 3.63) is 54.3 Å². The van der Waals surface area contributed by atoms with Gasteiger partial charge < -0.3 is 10.6 Å². The maximum Gasteiger partial charge on any atom is 0.0410 e. The average molecular weight is 272 g/mol. The molecule has 2 nitrogen and oxygen atoms in total. The lowest BCUT2D eigenvalue weighted by atomic mass is 10.1. The van der Waals surface area contributed by atoms with Gasteiger partial charge in [-0.05, 0) is 44.0 Å². The fourth-order valence-electron chi connectivity index (χ4n) is 2.06. The van der Waals surface area contributed by atoms with Crippen molar-refractivity contribution >= 4 is 5.69 Å². The maximum atomic E-state index is 5.62. The van der Waals surface area contributed by atoms with Gasteiger partial charge in [-0.2, -0.15) is 0 Å². The van der Waals surface area contributed by atoms with Gasteiger partial charge in [0.1, 0.15) is 0 Å². The van der Waals surface area contributed by atoms with E-state index >= 15 is 0 Å². The SMILES string of the molecule is CCC.NCCCN(C1=CCCC=C1)c1ccccc1. The number of nitrogens with zero attached hydrogens (tertiary/aromatic N) is 1. The van der Waals surface area contributed by atoms with E-state index in [1.807, 2.05) is 0 Å². The second kappa shape index (κ2) is 10.3. The summed E-state index contributed by atoms with van der Waals surface area (Å²) in [7, 11) is 0. The molecule has 0 amide bonds. The molecule has 1 aliphatic carbocycles. The molecule has 1 aromatic rings. The number of anilines is 1. The summed E-state index contributed by atoms with van der Waals surface area (Å²) in [6, 6.07) is 10.5. The predicted octanol–water partition coefficient (Wildman–Crippen LogP) is 4.49. The molecule has 0 saturated carbocycles. The largest absolute Gasteiger partial charge is 0.342 e. The molecular weight excluding hydrogens is 244 g/mol. The zero-order chi connectivity index (χ0) is 14.6. The van der Waals surface area contributed by atoms with Gasteiger partial charge in [-0.25, -0.2) is 0 Å². The van der Waals surface area contributed by atoms with Crippen molar-refractivity contribution in [1.82, 2.24) is 0 Å². The average Bonchev–Trinajstić information content (AvgIpc) is 2.51. The third kappa shape index (κ3) is 5.62. The minimum atomic E-state index is 0.736. The molecule has 0 aliphatic heterocycles. The molecule has 0 aromatic heterocycles. The van der Waals surface area contributed by atoms with Gasteiger partial charge in [-0.1, -0.05) is 50.6 Å². The van der Waals surface area contributed by atoms with Crippen molar-refractivity contribution in [2.45, 2.75) is 39.5 Å². The lowest BCUT2D eigenvalue weighted by Crippen LogP contribution is -2.25. The minimum absolute atomic E-state index is 0.736. The van der Waals surface area contributed by atoms with Gasteiger partial charge in [-0.3, -0.25) is 0 Å². The zero-order valence-electron chi connectivity index (χ0n) is 12.9. The Morgan fingerprint density at radius 1 is 1.10 bits per heavy atom. The van der Waals surface area contributed by atoms with E-state index in [1.165, 1.54) is 17.8 Å². The highest BCUT2D eigenvalue weighted by atomic mass is 15.1. The molecule has 0 saturated heterocycles. The van der Waals surface area contributed by atoms with Crippen LogP contribution in [0.1, 0.15) is 39.5 Å². The van der Waals surface area contributed by atoms with E-state index in [1.54, 1.807) is 0 Å². The zero-order valence-corrected chi connectivity index (χ0v) is 12.9. The molecule has 110 valence electrons. The Hall–Kier alpha value is -1.54. The van der Waals surface area contributed by atoms with Crippen LogP contribution >= 0.6 is 0 Å². The van der Waals surface area contributed by atoms with Gasteiger partial charge in [-0.15, -0.1) is 0 Å². The van der Waals surface area contributed by atoms with Crippen LogP contribution in [0.5, 0.6) is 0 Å². The van der Waals surface area contributed by atoms with Gasteiger partial charge >= 0.3 is 0 Å². The quantitative estimate of drug-likeness (QED) is 0.855. The van der Waals surface area contributed by atoms with Crippen molar-refractivity contribution in [2.75, 3.05) is 18.0 Å². The summed E-state index contributed by atoms with van der Waals surface area (Å²) in [6.45, 7) is 5.97. The number of benzene rings is 1. The number of nitrogens with two attached hydrogens (primary N) is 1. The van der Waals surface area contributed by atoms with E-state index < -0.39 is 0 Å². The summed E-state index contributed by atoms with van der Waals surface area (Å²) >= 11 is 0. The lowest BCUT2D eigenvalue weighted by Gasteiger charge is -2.27. The number of hydrogen-bond acceptors (Lipinski definition) is 2. The Labute approximate surface area is 124 Å². The van der Waals surface area contributed by atoms with Crippen LogP contribution in [-0.4, -0.2) is 13.1 Å². The second-order valence-electron chi connectivity index (χ2n) is 4.95. The fourth-order valence-corrected chi connectivity index (χ4v) is 2.06. The molecule has 2 rings (SSSR count). The number of para-hydroxylation sites is 1. The Morgan fingerprint density at radius 2 is 1.80 bits per heavy atom. The molecule has 0 bridgehead atoms. The van der Waals surface area contributed by atoms with E-state index in [-0.39, 0.29) is 0 Å². The Morgan fingerprint density at radius 3 is 2.35 bits per heavy atom. The standard InChI is InChI=1S/C15H20N2.C3H8/c16-12-7-13-17(14-8-3-1-4-9-14)15-10-5-2-6-11-15;1-3-2/h1,3-5,8-11H,2,6-7,12-13,16H2;3H2,1-2H3. The Bertz CT molecular complexity index is 407. The first kappa shape index (κ1) is 16.5. The highest BCUT2D eigenvalue weighted by Crippen LogP contribution is 2.22. The van der Waals surface area contributed by atoms with Crippen LogP contribution in [0, 0.1) is 0 Å². The minimum Gasteiger partial charge on any atom is -0.342 e. The van der Waals surface area contributed by atoms with Crippen LogP contribution in [0.4, 0.5) is 5.69 Å². The summed E-state index contributed by atoms with van der Waals surface area (Å²) in [4.78, 5) is 2.35. The van der Waals surface area contributed by atoms with E-state index in [0.29, 0.717) is 0 Å². The van der Waals surface area contributed by atoms with Gasteiger partial charge in [0.2, 0.25) is 0 Å². The Kier molecular flexibility index (Phi) is 8.48. The van der Waals surface area contributed by atoms with Crippen LogP contribution in [0.25, 0.3) is 0 Å². The van der Waals surface area contributed by atoms with Crippen LogP contribution in [-0.2, 0) is 0 Å². The normalized spacial score (nSPS) is 13.2. The molecule has 1 aliphatic rings. The molecule has 0 spiro atoms. The van der Waals surface area contributed by atoms with E-state index in [0.717, 1.165) is 32.4 Å². The van der Waals surface area contributed by atoms with Gasteiger partial charge in [0.05, 0.1) is 0 Å². The number of hydrogen-bond donors (Lipinski definition) is 1. The second-order valence-corrected chi connectivity index (χ2v) is 4.95. The maximum absolute atomic E-state index is 5.62. The van der Waals surface area contributed by atoms with Crippen molar-refractivity contribution in [3.8, 4) is 0 Å². The molecular formula is C18H28N2. The van der Waals surface area contributed by atoms with Gasteiger partial charge in [0, 0.05) is 17.9 Å². The van der Waals surface area contributed by atoms with Crippen LogP contribution in [0.3, 0.4) is 0 Å². The van der Waals surface area contributed by atoms with E-state index in [9.17, 15) is 0 Å². The number of allylic oxidation sites excluding steroid dienone is 3. The summed E-state index contributed by atoms with van der Waals surface area (Å²) in [6.07, 6.45) is 11.3. The first-order chi connectivity index (χ1) is 9.83. The summed E-state index contributed by atoms with van der Waals surface area (Å²) in [5.41, 5.74) is 8.17. The molecule has 1 aromatic carbocycles. The summed E-state index contributed by atoms with van der Waals surface area (Å²) < 4.78 is 0. The first-order valence-electron chi connectivity index (χ1n) is 7.72. The van der Waals surface area contributed by atoms with Crippen molar-refractivity contribution in [3.63, 3.8) is 0 Å². The van der Waals surface area contributed by atoms with Gasteiger partial charge in [0.15, 0.2) is 0 Å². The smallest absolute Gasteiger partial charge is 0.0410 e. The fraction of sp³-hybridized carbons (Fsp3) is 0.444. The van der Waals surface area contributed by atoms with E-state index in [4.69, 9.17) is 5.73 Å². The van der Waals surface area contributed by atoms with Crippen molar-refractivity contribution in [1.29, 1.82) is 0 Å². The Balaban J connectivity index is 0.000000612. The molecule has 2 heteroatoms. The topological polar surface area (TPSA) is 29.3 Å². The molecule has 0 unspecified atom stereocenters. The summed E-state index contributed by atoms with van der Waals surface area (Å²) in [5.74, 6) is 0. The summed E-state index contributed by atoms with van der Waals surface area (Å²) in [5, 5.41) is 0. The van der Waals surface area contributed by atoms with Crippen molar-refractivity contribution in [2.24, 2.45) is 5.73 Å². The van der Waals surface area contributed by atoms with Crippen molar-refractivity contribution < 1.29 is 0 Å². The molecule has 0 fully saturated rings. The van der Waals surface area contributed by atoms with Crippen LogP contribution in [0.2, 0.25) is 0 Å². The number of rotatable bonds is 5. The molecule has 0 radical (unpaired) electrons. The molecule has 0 atom stereocenters. The highest BCUT2D eigenvalue weighted by molar-refractivity contribution is 5.54. The monoisotopic (exact) mass is 272 g/mol. The highest BCUT2D eigenvalue weighted by Gasteiger charge is 2.10. The third-order valence-corrected chi connectivity index (χ3v) is 2.94. The van der Waals surface area contributed by atoms with Gasteiger partial charge in [0.25, 0.3) is 0 Å². The predicted molar refractivity (Wildman–Crippen MR) is 89.9 cm³/mol. The van der Waals surface area contributed by atoms with Crippen LogP contribution < -0.4 is 10.6 Å². The molecule has 20 heavy (non-hydrogen) atoms. The van der Waals surface area contributed by atoms with E-state index in [2.05, 4.69) is 67.3 Å². The first-order valence-corrected chi connectivity index (χ1v) is 7.72. The van der Waals surface area contributed by atoms with Crippen LogP contribution in [0.15, 0.2) is 54.3 Å².